The van der Waals surface area contributed by atoms with Crippen molar-refractivity contribution in [1.82, 2.24) is 0 Å². The van der Waals surface area contributed by atoms with E-state index in [1.807, 2.05) is 18.2 Å². The quantitative estimate of drug-likeness (QED) is 0.291. The molecule has 0 fully saturated rings. The van der Waals surface area contributed by atoms with Crippen molar-refractivity contribution < 1.29 is 23.1 Å². The van der Waals surface area contributed by atoms with Crippen LogP contribution in [0.4, 0.5) is 4.39 Å². The topological polar surface area (TPSA) is 56.5 Å². The Morgan fingerprint density at radius 3 is 2.11 bits per heavy atom. The maximum atomic E-state index is 13.0. The van der Waals surface area contributed by atoms with Gasteiger partial charge in [-0.3, -0.25) is 4.79 Å². The molecule has 132 valence electrons. The highest BCUT2D eigenvalue weighted by atomic mass is 19.1. The largest absolute Gasteiger partial charge is 0.449 e. The Kier molecular flexibility index (Phi) is 4.26. The summed E-state index contributed by atoms with van der Waals surface area (Å²) in [6.45, 7) is 0. The average molecular weight is 360 g/mol. The normalized spacial score (nSPS) is 10.7. The van der Waals surface area contributed by atoms with Gasteiger partial charge in [0.2, 0.25) is 5.76 Å². The molecule has 0 saturated carbocycles. The molecule has 0 bridgehead atoms. The smallest absolute Gasteiger partial charge is 0.379 e. The molecule has 0 spiro atoms. The van der Waals surface area contributed by atoms with Gasteiger partial charge in [-0.15, -0.1) is 0 Å². The lowest BCUT2D eigenvalue weighted by Crippen LogP contribution is -2.07. The van der Waals surface area contributed by atoms with Gasteiger partial charge in [-0.05, 0) is 60.7 Å². The van der Waals surface area contributed by atoms with Gasteiger partial charge in [-0.2, -0.15) is 0 Å². The zero-order valence-corrected chi connectivity index (χ0v) is 14.0. The van der Waals surface area contributed by atoms with E-state index in [1.165, 1.54) is 36.4 Å². The third kappa shape index (κ3) is 3.48. The first-order valence-electron chi connectivity index (χ1n) is 8.21. The van der Waals surface area contributed by atoms with Gasteiger partial charge in [-0.25, -0.2) is 9.18 Å². The number of fused-ring (bicyclic) bond motifs is 1. The van der Waals surface area contributed by atoms with Crippen LogP contribution in [-0.4, -0.2) is 11.8 Å². The molecule has 4 rings (SSSR count). The van der Waals surface area contributed by atoms with E-state index >= 15 is 0 Å². The highest BCUT2D eigenvalue weighted by Crippen LogP contribution is 2.21. The Labute approximate surface area is 153 Å². The summed E-state index contributed by atoms with van der Waals surface area (Å²) in [5.41, 5.74) is 1.39. The van der Waals surface area contributed by atoms with Crippen LogP contribution in [0, 0.1) is 5.82 Å². The lowest BCUT2D eigenvalue weighted by Gasteiger charge is -2.04. The van der Waals surface area contributed by atoms with Crippen LogP contribution in [0.15, 0.2) is 83.3 Å². The predicted molar refractivity (Wildman–Crippen MR) is 97.4 cm³/mol. The summed E-state index contributed by atoms with van der Waals surface area (Å²) in [7, 11) is 0. The first kappa shape index (κ1) is 16.7. The van der Waals surface area contributed by atoms with Crippen LogP contribution in [0.3, 0.4) is 0 Å². The molecule has 1 aromatic heterocycles. The molecule has 3 aromatic carbocycles. The monoisotopic (exact) mass is 360 g/mol. The molecule has 0 aliphatic rings. The average Bonchev–Trinajstić information content (AvgIpc) is 3.13. The molecule has 0 atom stereocenters. The highest BCUT2D eigenvalue weighted by Gasteiger charge is 2.15. The maximum absolute atomic E-state index is 13.0. The standard InChI is InChI=1S/C22H13FO4/c23-17-9-5-14(6-10-17)21(24)15-7-11-18(12-8-15)26-22(25)20-13-16-3-1-2-4-19(16)27-20/h1-13H. The number of halogens is 1. The van der Waals surface area contributed by atoms with Crippen LogP contribution >= 0.6 is 0 Å². The second-order valence-corrected chi connectivity index (χ2v) is 5.90. The third-order valence-electron chi connectivity index (χ3n) is 4.06. The Morgan fingerprint density at radius 1 is 0.815 bits per heavy atom. The Hall–Kier alpha value is -3.73. The zero-order chi connectivity index (χ0) is 18.8. The van der Waals surface area contributed by atoms with E-state index in [9.17, 15) is 14.0 Å². The van der Waals surface area contributed by atoms with E-state index in [0.29, 0.717) is 16.7 Å². The van der Waals surface area contributed by atoms with Crippen molar-refractivity contribution in [3.05, 3.63) is 102 Å². The fourth-order valence-electron chi connectivity index (χ4n) is 2.68. The van der Waals surface area contributed by atoms with Gasteiger partial charge in [0.25, 0.3) is 0 Å². The minimum Gasteiger partial charge on any atom is -0.449 e. The number of ether oxygens (including phenoxy) is 1. The van der Waals surface area contributed by atoms with Crippen LogP contribution < -0.4 is 4.74 Å². The minimum atomic E-state index is -0.621. The molecule has 27 heavy (non-hydrogen) atoms. The van der Waals surface area contributed by atoms with Crippen LogP contribution in [0.1, 0.15) is 26.5 Å². The summed E-state index contributed by atoms with van der Waals surface area (Å²) in [6.07, 6.45) is 0. The molecule has 0 amide bonds. The number of hydrogen-bond donors (Lipinski definition) is 0. The van der Waals surface area contributed by atoms with Gasteiger partial charge in [0.1, 0.15) is 17.1 Å². The fraction of sp³-hybridized carbons (Fsp3) is 0. The molecule has 0 unspecified atom stereocenters. The number of hydrogen-bond acceptors (Lipinski definition) is 4. The summed E-state index contributed by atoms with van der Waals surface area (Å²) in [6, 6.07) is 20.3. The van der Waals surface area contributed by atoms with Gasteiger partial charge in [0, 0.05) is 16.5 Å². The zero-order valence-electron chi connectivity index (χ0n) is 14.0. The number of ketones is 1. The molecule has 0 aliphatic carbocycles. The van der Waals surface area contributed by atoms with E-state index in [0.717, 1.165) is 5.39 Å². The lowest BCUT2D eigenvalue weighted by molar-refractivity contribution is 0.0704. The van der Waals surface area contributed by atoms with Crippen LogP contribution in [0.5, 0.6) is 5.75 Å². The molecule has 5 heteroatoms. The van der Waals surface area contributed by atoms with Crippen molar-refractivity contribution in [3.63, 3.8) is 0 Å². The van der Waals surface area contributed by atoms with Gasteiger partial charge in [0.05, 0.1) is 0 Å². The number of carbonyl (C=O) groups excluding carboxylic acids is 2. The second kappa shape index (κ2) is 6.88. The van der Waals surface area contributed by atoms with Crippen LogP contribution in [0.2, 0.25) is 0 Å². The van der Waals surface area contributed by atoms with Gasteiger partial charge < -0.3 is 9.15 Å². The SMILES string of the molecule is O=C(c1ccc(F)cc1)c1ccc(OC(=O)c2cc3ccccc3o2)cc1. The first-order chi connectivity index (χ1) is 13.1. The maximum Gasteiger partial charge on any atom is 0.379 e. The number of carbonyl (C=O) groups is 2. The lowest BCUT2D eigenvalue weighted by atomic mass is 10.0. The summed E-state index contributed by atoms with van der Waals surface area (Å²) < 4.78 is 23.7. The van der Waals surface area contributed by atoms with Crippen molar-refractivity contribution in [2.45, 2.75) is 0 Å². The van der Waals surface area contributed by atoms with Gasteiger partial charge >= 0.3 is 5.97 Å². The van der Waals surface area contributed by atoms with Crippen molar-refractivity contribution in [1.29, 1.82) is 0 Å². The van der Waals surface area contributed by atoms with Crippen molar-refractivity contribution in [2.24, 2.45) is 0 Å². The Bertz CT molecular complexity index is 1090. The van der Waals surface area contributed by atoms with Gasteiger partial charge in [-0.1, -0.05) is 18.2 Å². The van der Waals surface area contributed by atoms with Crippen LogP contribution in [-0.2, 0) is 0 Å². The fourth-order valence-corrected chi connectivity index (χ4v) is 2.68. The van der Waals surface area contributed by atoms with Crippen molar-refractivity contribution in [3.8, 4) is 5.75 Å². The molecular weight excluding hydrogens is 347 g/mol. The molecule has 1 heterocycles. The Balaban J connectivity index is 1.49. The summed E-state index contributed by atoms with van der Waals surface area (Å²) in [5.74, 6) is -0.882. The number of rotatable bonds is 4. The first-order valence-corrected chi connectivity index (χ1v) is 8.21. The third-order valence-corrected chi connectivity index (χ3v) is 4.06. The number of benzene rings is 3. The van der Waals surface area contributed by atoms with E-state index in [1.54, 1.807) is 24.3 Å². The molecule has 0 aliphatic heterocycles. The van der Waals surface area contributed by atoms with E-state index in [-0.39, 0.29) is 17.3 Å². The van der Waals surface area contributed by atoms with E-state index in [2.05, 4.69) is 0 Å². The molecule has 0 saturated heterocycles. The molecule has 4 aromatic rings. The summed E-state index contributed by atoms with van der Waals surface area (Å²) >= 11 is 0. The number of esters is 1. The summed E-state index contributed by atoms with van der Waals surface area (Å²) in [5, 5.41) is 0.810. The van der Waals surface area contributed by atoms with Gasteiger partial charge in [0.15, 0.2) is 5.78 Å². The number of furan rings is 1. The molecule has 0 radical (unpaired) electrons. The minimum absolute atomic E-state index is 0.0997. The van der Waals surface area contributed by atoms with Crippen molar-refractivity contribution in [2.75, 3.05) is 0 Å². The molecule has 0 N–H and O–H groups in total. The highest BCUT2D eigenvalue weighted by molar-refractivity contribution is 6.09. The number of para-hydroxylation sites is 1. The molecule has 4 nitrogen and oxygen atoms in total. The second-order valence-electron chi connectivity index (χ2n) is 5.90. The van der Waals surface area contributed by atoms with Crippen LogP contribution in [0.25, 0.3) is 11.0 Å². The van der Waals surface area contributed by atoms with E-state index < -0.39 is 11.8 Å². The van der Waals surface area contributed by atoms with Crippen molar-refractivity contribution >= 4 is 22.7 Å². The van der Waals surface area contributed by atoms with E-state index in [4.69, 9.17) is 9.15 Å². The molecular formula is C22H13FO4. The summed E-state index contributed by atoms with van der Waals surface area (Å²) in [4.78, 5) is 24.6. The predicted octanol–water partition coefficient (Wildman–Crippen LogP) is 5.02. The Morgan fingerprint density at radius 2 is 1.44 bits per heavy atom.